The molecule has 3 aromatic heterocycles. The average Bonchev–Trinajstić information content (AvgIpc) is 3.25. The van der Waals surface area contributed by atoms with E-state index in [1.807, 2.05) is 59.8 Å². The molecule has 1 aromatic carbocycles. The number of para-hydroxylation sites is 1. The van der Waals surface area contributed by atoms with Gasteiger partial charge in [-0.3, -0.25) is 4.79 Å². The van der Waals surface area contributed by atoms with E-state index in [0.717, 1.165) is 46.6 Å². The second-order valence-corrected chi connectivity index (χ2v) is 8.90. The quantitative estimate of drug-likeness (QED) is 0.396. The summed E-state index contributed by atoms with van der Waals surface area (Å²) in [4.78, 5) is 30.7. The van der Waals surface area contributed by atoms with E-state index >= 15 is 0 Å². The molecule has 1 fully saturated rings. The van der Waals surface area contributed by atoms with Gasteiger partial charge in [0.15, 0.2) is 5.65 Å². The lowest BCUT2D eigenvalue weighted by Gasteiger charge is -2.34. The van der Waals surface area contributed by atoms with Crippen LogP contribution in [0.2, 0.25) is 0 Å². The number of piperazine rings is 1. The van der Waals surface area contributed by atoms with Crippen molar-refractivity contribution in [3.05, 3.63) is 65.6 Å². The molecule has 36 heavy (non-hydrogen) atoms. The van der Waals surface area contributed by atoms with Gasteiger partial charge in [0, 0.05) is 55.9 Å². The van der Waals surface area contributed by atoms with E-state index in [0.29, 0.717) is 44.4 Å². The molecule has 1 amide bonds. The second-order valence-electron chi connectivity index (χ2n) is 8.90. The van der Waals surface area contributed by atoms with Crippen molar-refractivity contribution in [2.75, 3.05) is 37.7 Å². The highest BCUT2D eigenvalue weighted by molar-refractivity contribution is 5.86. The van der Waals surface area contributed by atoms with Crippen LogP contribution in [0.25, 0.3) is 16.7 Å². The zero-order chi connectivity index (χ0) is 25.1. The molecule has 9 nitrogen and oxygen atoms in total. The Morgan fingerprint density at radius 1 is 1.00 bits per heavy atom. The molecule has 0 unspecified atom stereocenters. The number of pyridine rings is 1. The first-order valence-electron chi connectivity index (χ1n) is 12.4. The van der Waals surface area contributed by atoms with Gasteiger partial charge >= 0.3 is 0 Å². The van der Waals surface area contributed by atoms with Crippen LogP contribution in [-0.4, -0.2) is 68.3 Å². The van der Waals surface area contributed by atoms with Crippen molar-refractivity contribution in [1.82, 2.24) is 29.6 Å². The number of hydrogen-bond donors (Lipinski definition) is 0. The predicted molar refractivity (Wildman–Crippen MR) is 139 cm³/mol. The van der Waals surface area contributed by atoms with Crippen molar-refractivity contribution in [3.63, 3.8) is 0 Å². The van der Waals surface area contributed by atoms with Crippen molar-refractivity contribution < 1.29 is 9.53 Å². The maximum absolute atomic E-state index is 13.1. The van der Waals surface area contributed by atoms with Crippen LogP contribution in [0.4, 0.5) is 5.95 Å². The summed E-state index contributed by atoms with van der Waals surface area (Å²) >= 11 is 0. The Morgan fingerprint density at radius 2 is 1.72 bits per heavy atom. The molecule has 0 spiro atoms. The van der Waals surface area contributed by atoms with Gasteiger partial charge in [-0.15, -0.1) is 0 Å². The number of nitrogens with zero attached hydrogens (tertiary/aromatic N) is 7. The molecule has 0 saturated carbocycles. The van der Waals surface area contributed by atoms with Gasteiger partial charge in [-0.25, -0.2) is 14.6 Å². The van der Waals surface area contributed by atoms with Crippen molar-refractivity contribution in [1.29, 1.82) is 0 Å². The maximum Gasteiger partial charge on any atom is 0.225 e. The summed E-state index contributed by atoms with van der Waals surface area (Å²) in [7, 11) is 0. The molecule has 4 aromatic rings. The molecule has 1 aliphatic heterocycles. The standard InChI is InChI=1S/C27H31N7O2/c1-4-36-26-22(11-12-23(35)32-15-17-33(18-16-32)27-28-13-8-14-29-27)19(2)24-20(3)31-34(25(24)30-26)21-9-6-5-7-10-21/h5-10,13-14H,4,11-12,15-18H2,1-3H3. The third-order valence-electron chi connectivity index (χ3n) is 6.67. The van der Waals surface area contributed by atoms with Crippen molar-refractivity contribution in [3.8, 4) is 11.6 Å². The Kier molecular flexibility index (Phi) is 6.79. The van der Waals surface area contributed by atoms with E-state index in [-0.39, 0.29) is 5.91 Å². The van der Waals surface area contributed by atoms with Crippen molar-refractivity contribution >= 4 is 22.9 Å². The summed E-state index contributed by atoms with van der Waals surface area (Å²) in [5, 5.41) is 5.79. The highest BCUT2D eigenvalue weighted by Crippen LogP contribution is 2.32. The number of carbonyl (C=O) groups excluding carboxylic acids is 1. The first-order valence-corrected chi connectivity index (χ1v) is 12.4. The number of aryl methyl sites for hydroxylation is 2. The zero-order valence-corrected chi connectivity index (χ0v) is 21.0. The summed E-state index contributed by atoms with van der Waals surface area (Å²) in [5.74, 6) is 1.44. The smallest absolute Gasteiger partial charge is 0.225 e. The van der Waals surface area contributed by atoms with Gasteiger partial charge in [-0.1, -0.05) is 18.2 Å². The summed E-state index contributed by atoms with van der Waals surface area (Å²) in [6.07, 6.45) is 4.46. The largest absolute Gasteiger partial charge is 0.478 e. The van der Waals surface area contributed by atoms with Crippen molar-refractivity contribution in [2.45, 2.75) is 33.6 Å². The number of benzene rings is 1. The summed E-state index contributed by atoms with van der Waals surface area (Å²) in [6, 6.07) is 11.8. The lowest BCUT2D eigenvalue weighted by atomic mass is 10.0. The molecular formula is C27H31N7O2. The van der Waals surface area contributed by atoms with E-state index < -0.39 is 0 Å². The third-order valence-corrected chi connectivity index (χ3v) is 6.67. The number of anilines is 1. The molecule has 186 valence electrons. The van der Waals surface area contributed by atoms with E-state index in [4.69, 9.17) is 14.8 Å². The number of ether oxygens (including phenoxy) is 1. The molecule has 0 aliphatic carbocycles. The minimum absolute atomic E-state index is 0.141. The Hall–Kier alpha value is -4.01. The Balaban J connectivity index is 1.34. The number of aromatic nitrogens is 5. The number of fused-ring (bicyclic) bond motifs is 1. The van der Waals surface area contributed by atoms with Crippen LogP contribution in [0.1, 0.15) is 30.2 Å². The summed E-state index contributed by atoms with van der Waals surface area (Å²) in [5.41, 5.74) is 4.68. The monoisotopic (exact) mass is 485 g/mol. The molecule has 9 heteroatoms. The van der Waals surface area contributed by atoms with Crippen LogP contribution >= 0.6 is 0 Å². The van der Waals surface area contributed by atoms with Crippen LogP contribution in [0.3, 0.4) is 0 Å². The van der Waals surface area contributed by atoms with Gasteiger partial charge in [0.05, 0.1) is 18.0 Å². The van der Waals surface area contributed by atoms with E-state index in [9.17, 15) is 4.79 Å². The molecule has 1 saturated heterocycles. The fourth-order valence-electron chi connectivity index (χ4n) is 4.83. The van der Waals surface area contributed by atoms with Gasteiger partial charge in [-0.05, 0) is 51.0 Å². The summed E-state index contributed by atoms with van der Waals surface area (Å²) in [6.45, 7) is 9.31. The molecule has 0 bridgehead atoms. The van der Waals surface area contributed by atoms with Crippen LogP contribution < -0.4 is 9.64 Å². The maximum atomic E-state index is 13.1. The molecule has 5 rings (SSSR count). The SMILES string of the molecule is CCOc1nc2c(c(C)nn2-c2ccccc2)c(C)c1CCC(=O)N1CCN(c2ncccn2)CC1. The molecule has 0 atom stereocenters. The highest BCUT2D eigenvalue weighted by atomic mass is 16.5. The van der Waals surface area contributed by atoms with Crippen molar-refractivity contribution in [2.24, 2.45) is 0 Å². The lowest BCUT2D eigenvalue weighted by Crippen LogP contribution is -2.49. The van der Waals surface area contributed by atoms with Gasteiger partial charge in [0.2, 0.25) is 17.7 Å². The lowest BCUT2D eigenvalue weighted by molar-refractivity contribution is -0.131. The van der Waals surface area contributed by atoms with Crippen LogP contribution in [-0.2, 0) is 11.2 Å². The Morgan fingerprint density at radius 3 is 2.42 bits per heavy atom. The summed E-state index contributed by atoms with van der Waals surface area (Å²) < 4.78 is 7.84. The van der Waals surface area contributed by atoms with Crippen LogP contribution in [0, 0.1) is 13.8 Å². The van der Waals surface area contributed by atoms with Gasteiger partial charge < -0.3 is 14.5 Å². The fourth-order valence-corrected chi connectivity index (χ4v) is 4.83. The van der Waals surface area contributed by atoms with E-state index in [1.165, 1.54) is 0 Å². The average molecular weight is 486 g/mol. The first-order chi connectivity index (χ1) is 17.6. The molecule has 4 heterocycles. The molecule has 1 aliphatic rings. The Bertz CT molecular complexity index is 1350. The number of rotatable bonds is 7. The van der Waals surface area contributed by atoms with Crippen LogP contribution in [0.5, 0.6) is 5.88 Å². The zero-order valence-electron chi connectivity index (χ0n) is 21.0. The van der Waals surface area contributed by atoms with Crippen LogP contribution in [0.15, 0.2) is 48.8 Å². The molecule has 0 N–H and O–H groups in total. The minimum atomic E-state index is 0.141. The first kappa shape index (κ1) is 23.7. The van der Waals surface area contributed by atoms with Gasteiger partial charge in [-0.2, -0.15) is 10.1 Å². The molecule has 0 radical (unpaired) electrons. The highest BCUT2D eigenvalue weighted by Gasteiger charge is 2.24. The Labute approximate surface area is 210 Å². The van der Waals surface area contributed by atoms with Gasteiger partial charge in [0.1, 0.15) is 0 Å². The normalized spacial score (nSPS) is 13.9. The number of carbonyl (C=O) groups is 1. The second kappa shape index (κ2) is 10.3. The van der Waals surface area contributed by atoms with Gasteiger partial charge in [0.25, 0.3) is 0 Å². The fraction of sp³-hybridized carbons (Fsp3) is 0.370. The number of amides is 1. The predicted octanol–water partition coefficient (Wildman–Crippen LogP) is 3.51. The topological polar surface area (TPSA) is 89.3 Å². The van der Waals surface area contributed by atoms with E-state index in [1.54, 1.807) is 12.4 Å². The minimum Gasteiger partial charge on any atom is -0.478 e. The molecular weight excluding hydrogens is 454 g/mol. The number of hydrogen-bond acceptors (Lipinski definition) is 7. The third kappa shape index (κ3) is 4.60. The van der Waals surface area contributed by atoms with E-state index in [2.05, 4.69) is 21.8 Å².